The number of nitro groups is 1. The van der Waals surface area contributed by atoms with Gasteiger partial charge in [0.2, 0.25) is 5.75 Å². The van der Waals surface area contributed by atoms with Crippen molar-refractivity contribution < 1.29 is 18.8 Å². The van der Waals surface area contributed by atoms with Gasteiger partial charge >= 0.3 is 5.69 Å². The molecule has 0 aliphatic rings. The van der Waals surface area contributed by atoms with Gasteiger partial charge in [-0.1, -0.05) is 23.2 Å². The Balaban J connectivity index is 2.16. The first-order valence-electron chi connectivity index (χ1n) is 6.64. The van der Waals surface area contributed by atoms with Crippen molar-refractivity contribution in [2.24, 2.45) is 0 Å². The monoisotopic (exact) mass is 372 g/mol. The zero-order valence-corrected chi connectivity index (χ0v) is 13.8. The zero-order valence-electron chi connectivity index (χ0n) is 12.3. The van der Waals surface area contributed by atoms with E-state index in [0.717, 1.165) is 18.2 Å². The molecule has 2 rings (SSSR count). The number of nitrogens with one attached hydrogen (secondary N) is 1. The first-order valence-corrected chi connectivity index (χ1v) is 7.40. The second-order valence-electron chi connectivity index (χ2n) is 4.74. The minimum Gasteiger partial charge on any atom is -0.474 e. The van der Waals surface area contributed by atoms with Gasteiger partial charge in [0.25, 0.3) is 5.91 Å². The quantitative estimate of drug-likeness (QED) is 0.620. The van der Waals surface area contributed by atoms with Crippen molar-refractivity contribution in [3.8, 4) is 5.75 Å². The fourth-order valence-electron chi connectivity index (χ4n) is 1.80. The van der Waals surface area contributed by atoms with Gasteiger partial charge in [-0.25, -0.2) is 4.39 Å². The number of hydrogen-bond donors (Lipinski definition) is 1. The van der Waals surface area contributed by atoms with E-state index >= 15 is 0 Å². The van der Waals surface area contributed by atoms with E-state index in [4.69, 9.17) is 27.9 Å². The predicted molar refractivity (Wildman–Crippen MR) is 88.2 cm³/mol. The largest absolute Gasteiger partial charge is 0.474 e. The Labute approximate surface area is 146 Å². The fourth-order valence-corrected chi connectivity index (χ4v) is 2.14. The SMILES string of the molecule is C[C@H](Oc1cc(F)ccc1[N+](=O)[O-])C(=O)Nc1cc(Cl)ccc1Cl. The minimum absolute atomic E-state index is 0.261. The lowest BCUT2D eigenvalue weighted by molar-refractivity contribution is -0.386. The van der Waals surface area contributed by atoms with Crippen molar-refractivity contribution in [3.63, 3.8) is 0 Å². The van der Waals surface area contributed by atoms with E-state index in [1.165, 1.54) is 19.1 Å². The second kappa shape index (κ2) is 7.46. The smallest absolute Gasteiger partial charge is 0.311 e. The molecule has 0 saturated carbocycles. The number of amides is 1. The number of nitro benzene ring substituents is 1. The van der Waals surface area contributed by atoms with Crippen LogP contribution in [0.2, 0.25) is 10.0 Å². The molecule has 0 aromatic heterocycles. The molecular weight excluding hydrogens is 362 g/mol. The number of halogens is 3. The van der Waals surface area contributed by atoms with Gasteiger partial charge in [0.05, 0.1) is 15.6 Å². The third-order valence-corrected chi connectivity index (χ3v) is 3.54. The summed E-state index contributed by atoms with van der Waals surface area (Å²) in [7, 11) is 0. The van der Waals surface area contributed by atoms with E-state index in [2.05, 4.69) is 5.32 Å². The Morgan fingerprint density at radius 1 is 1.29 bits per heavy atom. The third kappa shape index (κ3) is 4.33. The number of benzene rings is 2. The average Bonchev–Trinajstić information content (AvgIpc) is 2.50. The molecule has 24 heavy (non-hydrogen) atoms. The van der Waals surface area contributed by atoms with Crippen LogP contribution in [-0.2, 0) is 4.79 Å². The van der Waals surface area contributed by atoms with Gasteiger partial charge < -0.3 is 10.1 Å². The summed E-state index contributed by atoms with van der Waals surface area (Å²) in [6.07, 6.45) is -1.14. The molecule has 0 aliphatic carbocycles. The Morgan fingerprint density at radius 3 is 2.67 bits per heavy atom. The van der Waals surface area contributed by atoms with E-state index in [0.29, 0.717) is 5.02 Å². The van der Waals surface area contributed by atoms with Crippen LogP contribution < -0.4 is 10.1 Å². The van der Waals surface area contributed by atoms with E-state index in [1.807, 2.05) is 0 Å². The standard InChI is InChI=1S/C15H11Cl2FN2O4/c1-8(15(21)19-12-6-9(16)2-4-11(12)17)24-14-7-10(18)3-5-13(14)20(22)23/h2-8H,1H3,(H,19,21)/t8-/m0/s1. The lowest BCUT2D eigenvalue weighted by Crippen LogP contribution is -2.30. The molecule has 0 fully saturated rings. The molecule has 0 aliphatic heterocycles. The molecule has 1 atom stereocenters. The molecule has 126 valence electrons. The highest BCUT2D eigenvalue weighted by atomic mass is 35.5. The van der Waals surface area contributed by atoms with Crippen molar-refractivity contribution in [3.05, 3.63) is 62.4 Å². The van der Waals surface area contributed by atoms with Crippen molar-refractivity contribution >= 4 is 40.5 Å². The summed E-state index contributed by atoms with van der Waals surface area (Å²) in [4.78, 5) is 22.3. The number of carbonyl (C=O) groups excluding carboxylic acids is 1. The molecular formula is C15H11Cl2FN2O4. The van der Waals surface area contributed by atoms with Gasteiger partial charge in [0.15, 0.2) is 6.10 Å². The van der Waals surface area contributed by atoms with E-state index in [1.54, 1.807) is 6.07 Å². The van der Waals surface area contributed by atoms with Crippen LogP contribution in [0.5, 0.6) is 5.75 Å². The van der Waals surface area contributed by atoms with Crippen molar-refractivity contribution in [2.45, 2.75) is 13.0 Å². The Hall–Kier alpha value is -2.38. The third-order valence-electron chi connectivity index (χ3n) is 2.98. The highest BCUT2D eigenvalue weighted by Crippen LogP contribution is 2.29. The average molecular weight is 373 g/mol. The maximum absolute atomic E-state index is 13.3. The van der Waals surface area contributed by atoms with Gasteiger partial charge in [-0.3, -0.25) is 14.9 Å². The molecule has 1 N–H and O–H groups in total. The van der Waals surface area contributed by atoms with Crippen LogP contribution in [-0.4, -0.2) is 16.9 Å². The van der Waals surface area contributed by atoms with Gasteiger partial charge in [-0.15, -0.1) is 0 Å². The lowest BCUT2D eigenvalue weighted by Gasteiger charge is -2.15. The summed E-state index contributed by atoms with van der Waals surface area (Å²) in [5.41, 5.74) is -0.185. The van der Waals surface area contributed by atoms with Crippen LogP contribution in [0.15, 0.2) is 36.4 Å². The van der Waals surface area contributed by atoms with Gasteiger partial charge in [-0.05, 0) is 31.2 Å². The molecule has 0 saturated heterocycles. The fraction of sp³-hybridized carbons (Fsp3) is 0.133. The minimum atomic E-state index is -1.14. The van der Waals surface area contributed by atoms with Crippen molar-refractivity contribution in [1.29, 1.82) is 0 Å². The molecule has 0 heterocycles. The predicted octanol–water partition coefficient (Wildman–Crippen LogP) is 4.45. The molecule has 6 nitrogen and oxygen atoms in total. The van der Waals surface area contributed by atoms with Crippen LogP contribution in [0.4, 0.5) is 15.8 Å². The Kier molecular flexibility index (Phi) is 5.58. The van der Waals surface area contributed by atoms with E-state index < -0.39 is 28.4 Å². The van der Waals surface area contributed by atoms with E-state index in [-0.39, 0.29) is 16.5 Å². The number of rotatable bonds is 5. The van der Waals surface area contributed by atoms with Crippen LogP contribution in [0.1, 0.15) is 6.92 Å². The summed E-state index contributed by atoms with van der Waals surface area (Å²) in [5.74, 6) is -1.70. The molecule has 0 radical (unpaired) electrons. The Bertz CT molecular complexity index is 801. The van der Waals surface area contributed by atoms with Crippen molar-refractivity contribution in [2.75, 3.05) is 5.32 Å². The first-order chi connectivity index (χ1) is 11.3. The molecule has 9 heteroatoms. The highest BCUT2D eigenvalue weighted by molar-refractivity contribution is 6.35. The van der Waals surface area contributed by atoms with Crippen LogP contribution in [0.25, 0.3) is 0 Å². The van der Waals surface area contributed by atoms with Crippen LogP contribution >= 0.6 is 23.2 Å². The summed E-state index contributed by atoms with van der Waals surface area (Å²) in [6.45, 7) is 1.36. The van der Waals surface area contributed by atoms with Gasteiger partial charge in [-0.2, -0.15) is 0 Å². The summed E-state index contributed by atoms with van der Waals surface area (Å²) >= 11 is 11.8. The van der Waals surface area contributed by atoms with E-state index in [9.17, 15) is 19.3 Å². The normalized spacial score (nSPS) is 11.7. The molecule has 0 unspecified atom stereocenters. The second-order valence-corrected chi connectivity index (χ2v) is 5.59. The molecule has 2 aromatic carbocycles. The Morgan fingerprint density at radius 2 is 2.00 bits per heavy atom. The number of carbonyl (C=O) groups is 1. The van der Waals surface area contributed by atoms with Crippen LogP contribution in [0, 0.1) is 15.9 Å². The van der Waals surface area contributed by atoms with Gasteiger partial charge in [0.1, 0.15) is 5.82 Å². The lowest BCUT2D eigenvalue weighted by atomic mass is 10.2. The summed E-state index contributed by atoms with van der Waals surface area (Å²) in [6, 6.07) is 7.23. The van der Waals surface area contributed by atoms with Crippen LogP contribution in [0.3, 0.4) is 0 Å². The van der Waals surface area contributed by atoms with Crippen molar-refractivity contribution in [1.82, 2.24) is 0 Å². The number of hydrogen-bond acceptors (Lipinski definition) is 4. The maximum Gasteiger partial charge on any atom is 0.311 e. The molecule has 2 aromatic rings. The maximum atomic E-state index is 13.3. The number of nitrogens with zero attached hydrogens (tertiary/aromatic N) is 1. The number of ether oxygens (including phenoxy) is 1. The van der Waals surface area contributed by atoms with Gasteiger partial charge in [0, 0.05) is 17.2 Å². The highest BCUT2D eigenvalue weighted by Gasteiger charge is 2.22. The number of anilines is 1. The molecule has 1 amide bonds. The summed E-state index contributed by atoms with van der Waals surface area (Å²) < 4.78 is 18.5. The zero-order chi connectivity index (χ0) is 17.9. The molecule has 0 bridgehead atoms. The first kappa shape index (κ1) is 18.0. The molecule has 0 spiro atoms. The topological polar surface area (TPSA) is 81.5 Å². The summed E-state index contributed by atoms with van der Waals surface area (Å²) in [5, 5.41) is 14.0.